The Bertz CT molecular complexity index is 1090. The normalized spacial score (nSPS) is 12.4. The lowest BCUT2D eigenvalue weighted by molar-refractivity contribution is 0.0952. The van der Waals surface area contributed by atoms with E-state index in [2.05, 4.69) is 21.2 Å². The quantitative estimate of drug-likeness (QED) is 0.680. The molecule has 1 amide bonds. The van der Waals surface area contributed by atoms with E-state index in [-0.39, 0.29) is 16.9 Å². The fourth-order valence-electron chi connectivity index (χ4n) is 3.57. The number of methoxy groups -OCH3 is 1. The van der Waals surface area contributed by atoms with Crippen LogP contribution in [0.3, 0.4) is 0 Å². The highest BCUT2D eigenvalue weighted by atomic mass is 79.9. The van der Waals surface area contributed by atoms with Crippen LogP contribution in [0.2, 0.25) is 0 Å². The van der Waals surface area contributed by atoms with E-state index in [1.54, 1.807) is 19.4 Å². The van der Waals surface area contributed by atoms with Crippen molar-refractivity contribution < 1.29 is 9.53 Å². The zero-order chi connectivity index (χ0) is 19.0. The first-order valence-corrected chi connectivity index (χ1v) is 9.63. The van der Waals surface area contributed by atoms with Crippen LogP contribution in [0.5, 0.6) is 5.75 Å². The zero-order valence-electron chi connectivity index (χ0n) is 14.9. The van der Waals surface area contributed by atoms with Crippen LogP contribution < -0.4 is 15.5 Å². The summed E-state index contributed by atoms with van der Waals surface area (Å²) >= 11 is 3.46. The van der Waals surface area contributed by atoms with Crippen molar-refractivity contribution in [3.8, 4) is 5.75 Å². The van der Waals surface area contributed by atoms with Gasteiger partial charge in [0.05, 0.1) is 12.6 Å². The topological polar surface area (TPSA) is 60.3 Å². The molecule has 0 fully saturated rings. The number of pyridine rings is 1. The Balaban J connectivity index is 1.53. The van der Waals surface area contributed by atoms with Gasteiger partial charge in [0.25, 0.3) is 5.91 Å². The fourth-order valence-corrected chi connectivity index (χ4v) is 4.07. The summed E-state index contributed by atoms with van der Waals surface area (Å²) in [6, 6.07) is 11.6. The Hall–Kier alpha value is -2.60. The largest absolute Gasteiger partial charge is 0.497 e. The Morgan fingerprint density at radius 1 is 1.26 bits per heavy atom. The van der Waals surface area contributed by atoms with Gasteiger partial charge in [-0.05, 0) is 48.2 Å². The molecule has 0 bridgehead atoms. The second-order valence-electron chi connectivity index (χ2n) is 6.63. The molecule has 1 N–H and O–H groups in total. The van der Waals surface area contributed by atoms with E-state index in [0.29, 0.717) is 18.4 Å². The Morgan fingerprint density at radius 3 is 2.78 bits per heavy atom. The molecule has 1 aromatic heterocycles. The lowest BCUT2D eigenvalue weighted by atomic mass is 10.1. The molecule has 3 aromatic rings. The second-order valence-corrected chi connectivity index (χ2v) is 7.55. The standard InChI is InChI=1S/C21H19BrN2O3/c1-27-16-4-2-13(3-5-16)6-8-23-21(26)18-12-24-9-7-14-10-15(22)11-17(19(14)24)20(18)25/h2-5,10-12H,6-9H2,1H3,(H,23,26). The highest BCUT2D eigenvalue weighted by Gasteiger charge is 2.21. The molecule has 6 heteroatoms. The summed E-state index contributed by atoms with van der Waals surface area (Å²) < 4.78 is 8.02. The van der Waals surface area contributed by atoms with Gasteiger partial charge in [0.2, 0.25) is 5.43 Å². The van der Waals surface area contributed by atoms with Crippen molar-refractivity contribution >= 4 is 32.7 Å². The molecule has 0 spiro atoms. The molecule has 0 saturated carbocycles. The lowest BCUT2D eigenvalue weighted by Gasteiger charge is -2.10. The van der Waals surface area contributed by atoms with E-state index < -0.39 is 0 Å². The number of nitrogens with zero attached hydrogens (tertiary/aromatic N) is 1. The molecule has 0 saturated heterocycles. The van der Waals surface area contributed by atoms with Gasteiger partial charge in [0.15, 0.2) is 0 Å². The number of aryl methyl sites for hydroxylation is 2. The number of rotatable bonds is 5. The Labute approximate surface area is 165 Å². The minimum Gasteiger partial charge on any atom is -0.497 e. The monoisotopic (exact) mass is 426 g/mol. The van der Waals surface area contributed by atoms with Crippen LogP contribution in [-0.4, -0.2) is 24.1 Å². The first kappa shape index (κ1) is 17.8. The van der Waals surface area contributed by atoms with E-state index >= 15 is 0 Å². The van der Waals surface area contributed by atoms with Crippen LogP contribution in [0.15, 0.2) is 51.9 Å². The molecule has 0 radical (unpaired) electrons. The number of hydrogen-bond donors (Lipinski definition) is 1. The number of carbonyl (C=O) groups excluding carboxylic acids is 1. The third-order valence-corrected chi connectivity index (χ3v) is 5.40. The van der Waals surface area contributed by atoms with E-state index in [1.165, 1.54) is 0 Å². The molecule has 2 heterocycles. The summed E-state index contributed by atoms with van der Waals surface area (Å²) in [4.78, 5) is 25.5. The number of carbonyl (C=O) groups is 1. The predicted molar refractivity (Wildman–Crippen MR) is 109 cm³/mol. The van der Waals surface area contributed by atoms with Crippen molar-refractivity contribution in [2.24, 2.45) is 0 Å². The molecule has 27 heavy (non-hydrogen) atoms. The van der Waals surface area contributed by atoms with Gasteiger partial charge in [-0.1, -0.05) is 28.1 Å². The number of halogens is 1. The number of nitrogens with one attached hydrogen (secondary N) is 1. The number of ether oxygens (including phenoxy) is 1. The first-order valence-electron chi connectivity index (χ1n) is 8.83. The summed E-state index contributed by atoms with van der Waals surface area (Å²) in [5.41, 5.74) is 3.16. The smallest absolute Gasteiger partial charge is 0.256 e. The van der Waals surface area contributed by atoms with Gasteiger partial charge in [-0.25, -0.2) is 0 Å². The highest BCUT2D eigenvalue weighted by molar-refractivity contribution is 9.10. The summed E-state index contributed by atoms with van der Waals surface area (Å²) in [7, 11) is 1.63. The molecular weight excluding hydrogens is 408 g/mol. The number of hydrogen-bond acceptors (Lipinski definition) is 3. The second kappa shape index (κ2) is 7.19. The maximum Gasteiger partial charge on any atom is 0.256 e. The van der Waals surface area contributed by atoms with Crippen LogP contribution in [0.25, 0.3) is 10.9 Å². The van der Waals surface area contributed by atoms with Crippen LogP contribution in [0.4, 0.5) is 0 Å². The minimum absolute atomic E-state index is 0.197. The summed E-state index contributed by atoms with van der Waals surface area (Å²) in [6.45, 7) is 1.25. The molecule has 1 aliphatic heterocycles. The molecule has 138 valence electrons. The van der Waals surface area contributed by atoms with Gasteiger partial charge in [-0.2, -0.15) is 0 Å². The molecule has 2 aromatic carbocycles. The van der Waals surface area contributed by atoms with Crippen LogP contribution >= 0.6 is 15.9 Å². The summed E-state index contributed by atoms with van der Waals surface area (Å²) in [5, 5.41) is 3.47. The van der Waals surface area contributed by atoms with Crippen molar-refractivity contribution in [2.45, 2.75) is 19.4 Å². The van der Waals surface area contributed by atoms with Crippen molar-refractivity contribution in [1.82, 2.24) is 9.88 Å². The summed E-state index contributed by atoms with van der Waals surface area (Å²) in [6.07, 6.45) is 3.25. The van der Waals surface area contributed by atoms with Crippen molar-refractivity contribution in [3.63, 3.8) is 0 Å². The van der Waals surface area contributed by atoms with E-state index in [9.17, 15) is 9.59 Å². The van der Waals surface area contributed by atoms with Gasteiger partial charge in [0, 0.05) is 29.1 Å². The van der Waals surface area contributed by atoms with Crippen molar-refractivity contribution in [3.05, 3.63) is 74.0 Å². The van der Waals surface area contributed by atoms with E-state index in [1.807, 2.05) is 34.9 Å². The van der Waals surface area contributed by atoms with Gasteiger partial charge in [-0.3, -0.25) is 9.59 Å². The SMILES string of the molecule is COc1ccc(CCNC(=O)c2cn3c4c(cc(Br)cc4c2=O)CC3)cc1. The predicted octanol–water partition coefficient (Wildman–Crippen LogP) is 3.30. The maximum absolute atomic E-state index is 12.8. The average Bonchev–Trinajstić information content (AvgIpc) is 3.08. The third kappa shape index (κ3) is 3.37. The minimum atomic E-state index is -0.326. The lowest BCUT2D eigenvalue weighted by Crippen LogP contribution is -2.31. The van der Waals surface area contributed by atoms with Crippen molar-refractivity contribution in [1.29, 1.82) is 0 Å². The molecule has 0 unspecified atom stereocenters. The summed E-state index contributed by atoms with van der Waals surface area (Å²) in [5.74, 6) is 0.475. The van der Waals surface area contributed by atoms with Gasteiger partial charge >= 0.3 is 0 Å². The van der Waals surface area contributed by atoms with Crippen molar-refractivity contribution in [2.75, 3.05) is 13.7 Å². The zero-order valence-corrected chi connectivity index (χ0v) is 16.5. The van der Waals surface area contributed by atoms with Crippen LogP contribution in [0.1, 0.15) is 21.5 Å². The first-order chi connectivity index (χ1) is 13.1. The van der Waals surface area contributed by atoms with Gasteiger partial charge in [0.1, 0.15) is 11.3 Å². The fraction of sp³-hybridized carbons (Fsp3) is 0.238. The van der Waals surface area contributed by atoms with E-state index in [4.69, 9.17) is 4.74 Å². The molecule has 0 atom stereocenters. The molecule has 1 aliphatic rings. The average molecular weight is 427 g/mol. The van der Waals surface area contributed by atoms with Gasteiger partial charge in [-0.15, -0.1) is 0 Å². The number of benzene rings is 2. The molecule has 0 aliphatic carbocycles. The van der Waals surface area contributed by atoms with Gasteiger partial charge < -0.3 is 14.6 Å². The molecule has 4 rings (SSSR count). The number of aromatic nitrogens is 1. The Morgan fingerprint density at radius 2 is 2.04 bits per heavy atom. The molecule has 5 nitrogen and oxygen atoms in total. The third-order valence-electron chi connectivity index (χ3n) is 4.94. The highest BCUT2D eigenvalue weighted by Crippen LogP contribution is 2.28. The Kier molecular flexibility index (Phi) is 4.74. The van der Waals surface area contributed by atoms with E-state index in [0.717, 1.165) is 39.8 Å². The number of amides is 1. The molecular formula is C21H19BrN2O3. The van der Waals surface area contributed by atoms with Crippen LogP contribution in [0, 0.1) is 0 Å². The maximum atomic E-state index is 12.8. The van der Waals surface area contributed by atoms with Crippen LogP contribution in [-0.2, 0) is 19.4 Å².